The molecule has 2 aliphatic heterocycles. The fraction of sp³-hybridized carbons (Fsp3) is 0.409. The van der Waals surface area contributed by atoms with E-state index in [9.17, 15) is 8.42 Å². The average molecular weight is 521 g/mol. The average Bonchev–Trinajstić information content (AvgIpc) is 2.87. The summed E-state index contributed by atoms with van der Waals surface area (Å²) in [5.74, 6) is 0.314. The van der Waals surface area contributed by atoms with Gasteiger partial charge in [-0.05, 0) is 18.2 Å². The molecule has 0 spiro atoms. The number of rotatable bonds is 6. The smallest absolute Gasteiger partial charge is 0.277 e. The second-order valence-corrected chi connectivity index (χ2v) is 9.64. The highest BCUT2D eigenvalue weighted by molar-refractivity contribution is 7.86. The zero-order valence-electron chi connectivity index (χ0n) is 19.0. The fourth-order valence-corrected chi connectivity index (χ4v) is 4.76. The van der Waals surface area contributed by atoms with Crippen molar-refractivity contribution in [2.45, 2.75) is 6.10 Å². The Labute approximate surface area is 210 Å². The molecule has 35 heavy (non-hydrogen) atoms. The van der Waals surface area contributed by atoms with Crippen molar-refractivity contribution in [2.75, 3.05) is 57.5 Å². The van der Waals surface area contributed by atoms with Crippen LogP contribution in [-0.2, 0) is 19.7 Å². The molecule has 2 aliphatic rings. The van der Waals surface area contributed by atoms with Gasteiger partial charge in [-0.3, -0.25) is 4.98 Å². The zero-order valence-corrected chi connectivity index (χ0v) is 20.9. The van der Waals surface area contributed by atoms with Crippen LogP contribution in [0.4, 0.5) is 5.69 Å². The molecule has 0 amide bonds. The van der Waals surface area contributed by atoms with E-state index in [-0.39, 0.29) is 39.8 Å². The molecule has 0 bridgehead atoms. The Hall–Kier alpha value is -2.55. The van der Waals surface area contributed by atoms with Gasteiger partial charge in [0.25, 0.3) is 10.2 Å². The summed E-state index contributed by atoms with van der Waals surface area (Å²) in [4.78, 5) is 15.8. The molecule has 11 nitrogen and oxygen atoms in total. The van der Waals surface area contributed by atoms with Crippen LogP contribution in [-0.4, -0.2) is 86.4 Å². The summed E-state index contributed by atoms with van der Waals surface area (Å²) < 4.78 is 41.6. The van der Waals surface area contributed by atoms with Crippen LogP contribution < -0.4 is 14.8 Å². The van der Waals surface area contributed by atoms with Crippen LogP contribution in [0.25, 0.3) is 22.3 Å². The van der Waals surface area contributed by atoms with Crippen LogP contribution in [0.1, 0.15) is 0 Å². The number of nitrogens with zero attached hydrogens (tertiary/aromatic N) is 5. The van der Waals surface area contributed by atoms with E-state index in [0.29, 0.717) is 22.6 Å². The third-order valence-electron chi connectivity index (χ3n) is 5.83. The number of aromatic nitrogens is 3. The molecular formula is C22H28N6O5S2. The Kier molecular flexibility index (Phi) is 8.04. The standard InChI is InChI=1S/C22H26N6O5S.H2S/c23-34(29,30)28-9-12-32-18(14-28)15-33-22-21-20(24-5-6-25-21)13-19(26-22)16-1-3-17(4-2-16)27-7-10-31-11-8-27;/h1-6,13,18H,7-12,14-15H2,(H2,23,29,30);1H2/t18-;/m0./s1. The van der Waals surface area contributed by atoms with E-state index in [1.54, 1.807) is 12.4 Å². The van der Waals surface area contributed by atoms with E-state index in [0.717, 1.165) is 37.6 Å². The second kappa shape index (κ2) is 11.0. The summed E-state index contributed by atoms with van der Waals surface area (Å²) in [5, 5.41) is 5.26. The van der Waals surface area contributed by atoms with Gasteiger partial charge >= 0.3 is 0 Å². The summed E-state index contributed by atoms with van der Waals surface area (Å²) in [7, 11) is -3.78. The number of nitrogens with two attached hydrogens (primary N) is 1. The number of benzene rings is 1. The van der Waals surface area contributed by atoms with Crippen LogP contribution >= 0.6 is 13.5 Å². The maximum Gasteiger partial charge on any atom is 0.277 e. The zero-order chi connectivity index (χ0) is 23.5. The molecule has 188 valence electrons. The Balaban J connectivity index is 0.00000289. The molecule has 0 saturated carbocycles. The van der Waals surface area contributed by atoms with Gasteiger partial charge < -0.3 is 19.1 Å². The monoisotopic (exact) mass is 520 g/mol. The Bertz CT molecular complexity index is 1250. The first-order valence-corrected chi connectivity index (χ1v) is 12.5. The number of hydrogen-bond donors (Lipinski definition) is 1. The molecule has 0 radical (unpaired) electrons. The SMILES string of the molecule is NS(=O)(=O)N1CCO[C@H](COc2nc(-c3ccc(N4CCOCC4)cc3)cc3nccnc23)C1.S. The number of fused-ring (bicyclic) bond motifs is 1. The van der Waals surface area contributed by atoms with E-state index >= 15 is 0 Å². The summed E-state index contributed by atoms with van der Waals surface area (Å²) in [5.41, 5.74) is 3.93. The van der Waals surface area contributed by atoms with Gasteiger partial charge in [-0.1, -0.05) is 12.1 Å². The normalized spacial score (nSPS) is 19.3. The quantitative estimate of drug-likeness (QED) is 0.504. The maximum absolute atomic E-state index is 11.7. The van der Waals surface area contributed by atoms with Crippen molar-refractivity contribution in [2.24, 2.45) is 5.14 Å². The lowest BCUT2D eigenvalue weighted by Gasteiger charge is -2.30. The predicted molar refractivity (Wildman–Crippen MR) is 136 cm³/mol. The fourth-order valence-electron chi connectivity index (χ4n) is 4.05. The van der Waals surface area contributed by atoms with E-state index in [1.165, 1.54) is 4.31 Å². The summed E-state index contributed by atoms with van der Waals surface area (Å²) in [6.07, 6.45) is 2.72. The molecule has 2 fully saturated rings. The summed E-state index contributed by atoms with van der Waals surface area (Å²) in [6.45, 7) is 3.88. The van der Waals surface area contributed by atoms with Gasteiger partial charge in [-0.2, -0.15) is 26.2 Å². The minimum Gasteiger partial charge on any atom is -0.473 e. The van der Waals surface area contributed by atoms with Gasteiger partial charge in [-0.15, -0.1) is 0 Å². The third-order valence-corrected chi connectivity index (χ3v) is 6.88. The van der Waals surface area contributed by atoms with Crippen molar-refractivity contribution in [1.82, 2.24) is 19.3 Å². The van der Waals surface area contributed by atoms with E-state index in [2.05, 4.69) is 27.0 Å². The van der Waals surface area contributed by atoms with Gasteiger partial charge in [0.1, 0.15) is 12.7 Å². The summed E-state index contributed by atoms with van der Waals surface area (Å²) in [6, 6.07) is 10.1. The number of morpholine rings is 2. The van der Waals surface area contributed by atoms with Gasteiger partial charge in [-0.25, -0.2) is 15.1 Å². The number of anilines is 1. The van der Waals surface area contributed by atoms with Crippen molar-refractivity contribution in [3.8, 4) is 17.1 Å². The van der Waals surface area contributed by atoms with E-state index in [1.807, 2.05) is 18.2 Å². The van der Waals surface area contributed by atoms with Crippen molar-refractivity contribution in [3.05, 3.63) is 42.7 Å². The number of hydrogen-bond acceptors (Lipinski definition) is 9. The first kappa shape index (κ1) is 25.5. The lowest BCUT2D eigenvalue weighted by molar-refractivity contribution is -0.0254. The summed E-state index contributed by atoms with van der Waals surface area (Å²) >= 11 is 0. The molecule has 2 saturated heterocycles. The van der Waals surface area contributed by atoms with Crippen LogP contribution in [0, 0.1) is 0 Å². The van der Waals surface area contributed by atoms with Crippen molar-refractivity contribution in [1.29, 1.82) is 0 Å². The van der Waals surface area contributed by atoms with Gasteiger partial charge in [0.2, 0.25) is 5.88 Å². The predicted octanol–water partition coefficient (Wildman–Crippen LogP) is 0.924. The Morgan fingerprint density at radius 2 is 1.80 bits per heavy atom. The van der Waals surface area contributed by atoms with Gasteiger partial charge in [0.15, 0.2) is 5.52 Å². The first-order valence-electron chi connectivity index (χ1n) is 11.0. The second-order valence-electron chi connectivity index (χ2n) is 8.09. The van der Waals surface area contributed by atoms with Crippen LogP contribution in [0.5, 0.6) is 5.88 Å². The van der Waals surface area contributed by atoms with Crippen molar-refractivity contribution < 1.29 is 22.6 Å². The van der Waals surface area contributed by atoms with Gasteiger partial charge in [0.05, 0.1) is 31.0 Å². The molecule has 1 atom stereocenters. The molecule has 0 unspecified atom stereocenters. The van der Waals surface area contributed by atoms with E-state index in [4.69, 9.17) is 24.3 Å². The highest BCUT2D eigenvalue weighted by Gasteiger charge is 2.28. The number of ether oxygens (including phenoxy) is 3. The van der Waals surface area contributed by atoms with Gasteiger partial charge in [0, 0.05) is 49.8 Å². The molecule has 5 rings (SSSR count). The molecule has 2 N–H and O–H groups in total. The molecular weight excluding hydrogens is 492 g/mol. The van der Waals surface area contributed by atoms with Crippen molar-refractivity contribution in [3.63, 3.8) is 0 Å². The first-order chi connectivity index (χ1) is 16.5. The minimum absolute atomic E-state index is 0. The molecule has 1 aromatic carbocycles. The number of pyridine rings is 1. The molecule has 0 aliphatic carbocycles. The largest absolute Gasteiger partial charge is 0.473 e. The Morgan fingerprint density at radius 1 is 1.06 bits per heavy atom. The third kappa shape index (κ3) is 6.00. The maximum atomic E-state index is 11.7. The van der Waals surface area contributed by atoms with E-state index < -0.39 is 16.3 Å². The molecule has 4 heterocycles. The lowest BCUT2D eigenvalue weighted by atomic mass is 10.1. The van der Waals surface area contributed by atoms with Crippen LogP contribution in [0.2, 0.25) is 0 Å². The van der Waals surface area contributed by atoms with Crippen LogP contribution in [0.3, 0.4) is 0 Å². The van der Waals surface area contributed by atoms with Crippen molar-refractivity contribution >= 4 is 40.4 Å². The molecule has 13 heteroatoms. The van der Waals surface area contributed by atoms with Crippen LogP contribution in [0.15, 0.2) is 42.7 Å². The highest BCUT2D eigenvalue weighted by atomic mass is 32.2. The molecule has 2 aromatic heterocycles. The topological polar surface area (TPSA) is 133 Å². The lowest BCUT2D eigenvalue weighted by Crippen LogP contribution is -2.49. The highest BCUT2D eigenvalue weighted by Crippen LogP contribution is 2.29. The minimum atomic E-state index is -3.78. The Morgan fingerprint density at radius 3 is 2.54 bits per heavy atom. The molecule has 3 aromatic rings.